The second kappa shape index (κ2) is 8.20. The Morgan fingerprint density at radius 2 is 1.65 bits per heavy atom. The van der Waals surface area contributed by atoms with Gasteiger partial charge in [-0.25, -0.2) is 0 Å². The van der Waals surface area contributed by atoms with Gasteiger partial charge in [-0.05, 0) is 25.5 Å². The lowest BCUT2D eigenvalue weighted by Crippen LogP contribution is -2.58. The number of fused-ring (bicyclic) bond motifs is 1. The zero-order valence-electron chi connectivity index (χ0n) is 18.0. The van der Waals surface area contributed by atoms with E-state index in [-0.39, 0.29) is 30.0 Å². The van der Waals surface area contributed by atoms with Crippen LogP contribution in [0.3, 0.4) is 0 Å². The van der Waals surface area contributed by atoms with Gasteiger partial charge in [-0.3, -0.25) is 19.2 Å². The molecule has 0 radical (unpaired) electrons. The Balaban J connectivity index is 1.43. The number of para-hydroxylation sites is 1. The van der Waals surface area contributed by atoms with Gasteiger partial charge in [-0.1, -0.05) is 12.1 Å². The maximum atomic E-state index is 13.1. The van der Waals surface area contributed by atoms with Crippen LogP contribution in [0, 0.1) is 0 Å². The molecule has 9 heteroatoms. The van der Waals surface area contributed by atoms with Gasteiger partial charge in [-0.2, -0.15) is 0 Å². The minimum Gasteiger partial charge on any atom is -0.362 e. The van der Waals surface area contributed by atoms with Gasteiger partial charge in [-0.15, -0.1) is 0 Å². The van der Waals surface area contributed by atoms with Crippen molar-refractivity contribution in [3.63, 3.8) is 0 Å². The molecule has 166 valence electrons. The van der Waals surface area contributed by atoms with Crippen molar-refractivity contribution in [1.82, 2.24) is 20.0 Å². The number of benzene rings is 1. The Morgan fingerprint density at radius 3 is 2.35 bits per heavy atom. The van der Waals surface area contributed by atoms with E-state index in [9.17, 15) is 19.2 Å². The molecule has 2 fully saturated rings. The van der Waals surface area contributed by atoms with Gasteiger partial charge >= 0.3 is 0 Å². The molecule has 2 unspecified atom stereocenters. The highest BCUT2D eigenvalue weighted by Gasteiger charge is 2.42. The van der Waals surface area contributed by atoms with Crippen molar-refractivity contribution in [1.29, 1.82) is 0 Å². The number of hydrogen-bond donors (Lipinski definition) is 2. The van der Waals surface area contributed by atoms with Crippen LogP contribution in [0.2, 0.25) is 0 Å². The summed E-state index contributed by atoms with van der Waals surface area (Å²) in [5.41, 5.74) is 0.652. The van der Waals surface area contributed by atoms with E-state index < -0.39 is 11.7 Å². The Bertz CT molecular complexity index is 911. The normalized spacial score (nSPS) is 24.8. The van der Waals surface area contributed by atoms with E-state index >= 15 is 0 Å². The van der Waals surface area contributed by atoms with Gasteiger partial charge in [0, 0.05) is 58.2 Å². The summed E-state index contributed by atoms with van der Waals surface area (Å²) >= 11 is 0. The number of carbonyl (C=O) groups excluding carboxylic acids is 4. The molecule has 4 rings (SSSR count). The van der Waals surface area contributed by atoms with Gasteiger partial charge in [0.2, 0.25) is 17.7 Å². The van der Waals surface area contributed by atoms with Gasteiger partial charge in [0.05, 0.1) is 5.56 Å². The number of anilines is 1. The average Bonchev–Trinajstić information content (AvgIpc) is 2.92. The minimum atomic E-state index is -0.703. The molecule has 1 aromatic rings. The van der Waals surface area contributed by atoms with E-state index in [2.05, 4.69) is 10.6 Å². The second-order valence-corrected chi connectivity index (χ2v) is 8.55. The third-order valence-corrected chi connectivity index (χ3v) is 6.63. The number of likely N-dealkylation sites (tertiary alicyclic amines) is 1. The molecule has 0 aliphatic carbocycles. The van der Waals surface area contributed by atoms with Crippen molar-refractivity contribution in [3.05, 3.63) is 29.8 Å². The van der Waals surface area contributed by atoms with E-state index in [0.717, 1.165) is 5.69 Å². The first-order valence-electron chi connectivity index (χ1n) is 10.8. The summed E-state index contributed by atoms with van der Waals surface area (Å²) in [5.74, 6) is -0.326. The molecule has 9 nitrogen and oxygen atoms in total. The van der Waals surface area contributed by atoms with Crippen LogP contribution in [0.4, 0.5) is 5.69 Å². The summed E-state index contributed by atoms with van der Waals surface area (Å²) < 4.78 is 0. The number of amides is 4. The lowest BCUT2D eigenvalue weighted by Gasteiger charge is -2.40. The molecule has 1 aromatic carbocycles. The first kappa shape index (κ1) is 21.1. The predicted octanol–water partition coefficient (Wildman–Crippen LogP) is 0.630. The van der Waals surface area contributed by atoms with Crippen molar-refractivity contribution in [2.75, 3.05) is 38.0 Å². The quantitative estimate of drug-likeness (QED) is 0.721. The van der Waals surface area contributed by atoms with Crippen molar-refractivity contribution in [2.24, 2.45) is 0 Å². The van der Waals surface area contributed by atoms with Crippen molar-refractivity contribution in [2.45, 2.75) is 44.8 Å². The van der Waals surface area contributed by atoms with E-state index in [1.165, 1.54) is 6.92 Å². The Labute approximate surface area is 181 Å². The molecule has 0 saturated carbocycles. The highest BCUT2D eigenvalue weighted by Crippen LogP contribution is 2.32. The number of rotatable bonds is 2. The van der Waals surface area contributed by atoms with Crippen LogP contribution in [0.25, 0.3) is 0 Å². The fourth-order valence-corrected chi connectivity index (χ4v) is 4.69. The molecule has 4 amide bonds. The van der Waals surface area contributed by atoms with Gasteiger partial charge in [0.15, 0.2) is 0 Å². The van der Waals surface area contributed by atoms with E-state index in [4.69, 9.17) is 0 Å². The third-order valence-electron chi connectivity index (χ3n) is 6.63. The maximum absolute atomic E-state index is 13.1. The highest BCUT2D eigenvalue weighted by molar-refractivity contribution is 6.02. The summed E-state index contributed by atoms with van der Waals surface area (Å²) in [7, 11) is 0. The number of nitrogens with zero attached hydrogens (tertiary/aromatic N) is 3. The SMILES string of the molecule is CC(=O)N1CCN(C(=O)C(C)N2CCC3(CCC2=O)NC(=O)c2ccccc2N3)CC1. The molecule has 2 saturated heterocycles. The molecule has 0 aromatic heterocycles. The first-order chi connectivity index (χ1) is 14.8. The lowest BCUT2D eigenvalue weighted by atomic mass is 9.95. The van der Waals surface area contributed by atoms with Gasteiger partial charge in [0.1, 0.15) is 11.7 Å². The van der Waals surface area contributed by atoms with Crippen LogP contribution >= 0.6 is 0 Å². The molecule has 3 aliphatic heterocycles. The maximum Gasteiger partial charge on any atom is 0.255 e. The predicted molar refractivity (Wildman–Crippen MR) is 114 cm³/mol. The molecule has 2 N–H and O–H groups in total. The number of hydrogen-bond acceptors (Lipinski definition) is 5. The molecular formula is C22H29N5O4. The largest absolute Gasteiger partial charge is 0.362 e. The van der Waals surface area contributed by atoms with Crippen LogP contribution in [0.15, 0.2) is 24.3 Å². The number of piperazine rings is 1. The summed E-state index contributed by atoms with van der Waals surface area (Å²) in [6.45, 7) is 5.64. The molecule has 3 aliphatic rings. The summed E-state index contributed by atoms with van der Waals surface area (Å²) in [5, 5.41) is 6.48. The van der Waals surface area contributed by atoms with Crippen LogP contribution < -0.4 is 10.6 Å². The van der Waals surface area contributed by atoms with E-state index in [1.807, 2.05) is 18.2 Å². The minimum absolute atomic E-state index is 0.0109. The summed E-state index contributed by atoms with van der Waals surface area (Å²) in [6.07, 6.45) is 1.21. The Kier molecular flexibility index (Phi) is 5.60. The van der Waals surface area contributed by atoms with Crippen LogP contribution in [-0.2, 0) is 14.4 Å². The van der Waals surface area contributed by atoms with Gasteiger partial charge < -0.3 is 25.3 Å². The van der Waals surface area contributed by atoms with Crippen LogP contribution in [0.1, 0.15) is 43.5 Å². The number of nitrogens with one attached hydrogen (secondary N) is 2. The third kappa shape index (κ3) is 4.08. The molecule has 3 heterocycles. The highest BCUT2D eigenvalue weighted by atomic mass is 16.2. The van der Waals surface area contributed by atoms with Crippen LogP contribution in [0.5, 0.6) is 0 Å². The monoisotopic (exact) mass is 427 g/mol. The fraction of sp³-hybridized carbons (Fsp3) is 0.545. The molecular weight excluding hydrogens is 398 g/mol. The van der Waals surface area contributed by atoms with E-state index in [0.29, 0.717) is 51.1 Å². The average molecular weight is 428 g/mol. The Morgan fingerprint density at radius 1 is 0.968 bits per heavy atom. The van der Waals surface area contributed by atoms with Crippen molar-refractivity contribution < 1.29 is 19.2 Å². The smallest absolute Gasteiger partial charge is 0.255 e. The molecule has 31 heavy (non-hydrogen) atoms. The van der Waals surface area contributed by atoms with Crippen molar-refractivity contribution in [3.8, 4) is 0 Å². The zero-order chi connectivity index (χ0) is 22.2. The summed E-state index contributed by atoms with van der Waals surface area (Å²) in [4.78, 5) is 55.2. The Hall–Kier alpha value is -3.10. The van der Waals surface area contributed by atoms with Gasteiger partial charge in [0.25, 0.3) is 5.91 Å². The number of carbonyl (C=O) groups is 4. The zero-order valence-corrected chi connectivity index (χ0v) is 18.0. The first-order valence-corrected chi connectivity index (χ1v) is 10.8. The summed E-state index contributed by atoms with van der Waals surface area (Å²) in [6, 6.07) is 6.75. The molecule has 2 atom stereocenters. The second-order valence-electron chi connectivity index (χ2n) is 8.55. The van der Waals surface area contributed by atoms with Crippen molar-refractivity contribution >= 4 is 29.3 Å². The standard InChI is InChI=1S/C22H29N5O4/c1-15(21(31)26-13-11-25(12-14-26)16(2)28)27-10-9-22(8-7-19(27)29)23-18-6-4-3-5-17(18)20(30)24-22/h3-6,15,23H,7-14H2,1-2H3,(H,24,30). The lowest BCUT2D eigenvalue weighted by molar-refractivity contribution is -0.147. The van der Waals surface area contributed by atoms with Crippen LogP contribution in [-0.4, -0.2) is 82.8 Å². The fourth-order valence-electron chi connectivity index (χ4n) is 4.69. The topological polar surface area (TPSA) is 102 Å². The molecule has 1 spiro atoms. The molecule has 0 bridgehead atoms. The van der Waals surface area contributed by atoms with E-state index in [1.54, 1.807) is 27.7 Å².